The van der Waals surface area contributed by atoms with E-state index in [4.69, 9.17) is 21.1 Å². The monoisotopic (exact) mass is 458 g/mol. The second-order valence-electron chi connectivity index (χ2n) is 7.93. The summed E-state index contributed by atoms with van der Waals surface area (Å²) in [6.45, 7) is 2.54. The van der Waals surface area contributed by atoms with Gasteiger partial charge in [0.1, 0.15) is 11.5 Å². The number of rotatable bonds is 8. The largest absolute Gasteiger partial charge is 0.497 e. The van der Waals surface area contributed by atoms with Gasteiger partial charge in [0.15, 0.2) is 0 Å². The van der Waals surface area contributed by atoms with Crippen molar-refractivity contribution in [2.45, 2.75) is 32.1 Å². The zero-order valence-corrected chi connectivity index (χ0v) is 19.6. The zero-order chi connectivity index (χ0) is 22.9. The highest BCUT2D eigenvalue weighted by molar-refractivity contribution is 6.32. The number of hydrogen-bond acceptors (Lipinski definition) is 4. The van der Waals surface area contributed by atoms with Gasteiger partial charge in [0.25, 0.3) is 0 Å². The molecule has 0 aromatic heterocycles. The first-order valence-electron chi connectivity index (χ1n) is 11.0. The van der Waals surface area contributed by atoms with Crippen molar-refractivity contribution in [1.29, 1.82) is 0 Å². The fourth-order valence-corrected chi connectivity index (χ4v) is 4.17. The molecule has 0 N–H and O–H groups in total. The summed E-state index contributed by atoms with van der Waals surface area (Å²) in [5.41, 5.74) is 2.12. The Morgan fingerprint density at radius 1 is 0.812 bits per heavy atom. The van der Waals surface area contributed by atoms with Gasteiger partial charge in [-0.2, -0.15) is 0 Å². The van der Waals surface area contributed by atoms with E-state index in [-0.39, 0.29) is 11.8 Å². The molecule has 1 aliphatic heterocycles. The molecule has 7 heteroatoms. The van der Waals surface area contributed by atoms with Gasteiger partial charge in [-0.1, -0.05) is 29.8 Å². The highest BCUT2D eigenvalue weighted by atomic mass is 35.5. The van der Waals surface area contributed by atoms with Crippen LogP contribution in [0.4, 0.5) is 0 Å². The third-order valence-electron chi connectivity index (χ3n) is 5.83. The number of carbonyl (C=O) groups is 2. The summed E-state index contributed by atoms with van der Waals surface area (Å²) in [6, 6.07) is 13.4. The summed E-state index contributed by atoms with van der Waals surface area (Å²) in [4.78, 5) is 29.2. The maximum absolute atomic E-state index is 12.7. The van der Waals surface area contributed by atoms with Crippen LogP contribution in [0.5, 0.6) is 11.5 Å². The van der Waals surface area contributed by atoms with Crippen LogP contribution in [-0.2, 0) is 22.4 Å². The van der Waals surface area contributed by atoms with E-state index >= 15 is 0 Å². The molecule has 32 heavy (non-hydrogen) atoms. The molecule has 2 amide bonds. The highest BCUT2D eigenvalue weighted by Crippen LogP contribution is 2.25. The van der Waals surface area contributed by atoms with Crippen molar-refractivity contribution < 1.29 is 19.1 Å². The van der Waals surface area contributed by atoms with Crippen molar-refractivity contribution >= 4 is 23.4 Å². The van der Waals surface area contributed by atoms with Gasteiger partial charge in [-0.3, -0.25) is 9.59 Å². The smallest absolute Gasteiger partial charge is 0.222 e. The minimum Gasteiger partial charge on any atom is -0.497 e. The fourth-order valence-electron chi connectivity index (χ4n) is 3.89. The minimum atomic E-state index is 0.115. The standard InChI is InChI=1S/C25H31ClN2O4/c1-31-21-9-4-19(5-10-21)7-12-24(29)27-14-3-15-28(17-16-27)25(30)13-8-20-6-11-23(32-2)22(26)18-20/h4-6,9-11,18H,3,7-8,12-17H2,1-2H3. The molecule has 3 rings (SSSR count). The number of aryl methyl sites for hydroxylation is 2. The van der Waals surface area contributed by atoms with Gasteiger partial charge < -0.3 is 19.3 Å². The Bertz CT molecular complexity index is 917. The summed E-state index contributed by atoms with van der Waals surface area (Å²) in [7, 11) is 3.22. The predicted molar refractivity (Wildman–Crippen MR) is 125 cm³/mol. The SMILES string of the molecule is COc1ccc(CCC(=O)N2CCCN(C(=O)CCc3ccc(OC)c(Cl)c3)CC2)cc1. The third-order valence-corrected chi connectivity index (χ3v) is 6.13. The maximum atomic E-state index is 12.7. The lowest BCUT2D eigenvalue weighted by Gasteiger charge is -2.22. The van der Waals surface area contributed by atoms with Gasteiger partial charge in [-0.25, -0.2) is 0 Å². The van der Waals surface area contributed by atoms with E-state index in [0.717, 1.165) is 23.3 Å². The average Bonchev–Trinajstić information content (AvgIpc) is 3.08. The summed E-state index contributed by atoms with van der Waals surface area (Å²) in [5, 5.41) is 0.552. The summed E-state index contributed by atoms with van der Waals surface area (Å²) < 4.78 is 10.3. The topological polar surface area (TPSA) is 59.1 Å². The van der Waals surface area contributed by atoms with Crippen molar-refractivity contribution in [3.05, 3.63) is 58.6 Å². The quantitative estimate of drug-likeness (QED) is 0.600. The molecule has 0 bridgehead atoms. The van der Waals surface area contributed by atoms with Crippen LogP contribution in [0.3, 0.4) is 0 Å². The van der Waals surface area contributed by atoms with Crippen LogP contribution in [0.15, 0.2) is 42.5 Å². The Kier molecular flexibility index (Phi) is 8.80. The van der Waals surface area contributed by atoms with Gasteiger partial charge in [0, 0.05) is 39.0 Å². The number of halogens is 1. The number of ether oxygens (including phenoxy) is 2. The van der Waals surface area contributed by atoms with Crippen LogP contribution < -0.4 is 9.47 Å². The van der Waals surface area contributed by atoms with E-state index in [2.05, 4.69) is 0 Å². The van der Waals surface area contributed by atoms with Gasteiger partial charge in [-0.15, -0.1) is 0 Å². The zero-order valence-electron chi connectivity index (χ0n) is 18.8. The molecule has 172 valence electrons. The molecule has 1 heterocycles. The summed E-state index contributed by atoms with van der Waals surface area (Å²) in [5.74, 6) is 1.70. The van der Waals surface area contributed by atoms with Crippen LogP contribution >= 0.6 is 11.6 Å². The normalized spacial score (nSPS) is 14.1. The molecule has 0 spiro atoms. The Morgan fingerprint density at radius 2 is 1.38 bits per heavy atom. The Labute approximate surface area is 195 Å². The Morgan fingerprint density at radius 3 is 1.91 bits per heavy atom. The second-order valence-corrected chi connectivity index (χ2v) is 8.34. The van der Waals surface area contributed by atoms with Crippen molar-refractivity contribution in [3.8, 4) is 11.5 Å². The molecular formula is C25H31ClN2O4. The van der Waals surface area contributed by atoms with Gasteiger partial charge in [0.05, 0.1) is 19.2 Å². The molecule has 0 aliphatic carbocycles. The van der Waals surface area contributed by atoms with Crippen molar-refractivity contribution in [3.63, 3.8) is 0 Å². The first kappa shape index (κ1) is 23.9. The maximum Gasteiger partial charge on any atom is 0.222 e. The molecule has 1 saturated heterocycles. The molecule has 1 fully saturated rings. The first-order chi connectivity index (χ1) is 15.5. The Hall–Kier alpha value is -2.73. The molecule has 6 nitrogen and oxygen atoms in total. The number of benzene rings is 2. The van der Waals surface area contributed by atoms with Crippen molar-refractivity contribution in [1.82, 2.24) is 9.80 Å². The lowest BCUT2D eigenvalue weighted by atomic mass is 10.1. The van der Waals surface area contributed by atoms with Gasteiger partial charge in [-0.05, 0) is 54.7 Å². The lowest BCUT2D eigenvalue weighted by Crippen LogP contribution is -2.37. The molecule has 1 aliphatic rings. The van der Waals surface area contributed by atoms with E-state index in [1.165, 1.54) is 0 Å². The molecule has 2 aromatic rings. The van der Waals surface area contributed by atoms with Crippen molar-refractivity contribution in [2.24, 2.45) is 0 Å². The van der Waals surface area contributed by atoms with Crippen molar-refractivity contribution in [2.75, 3.05) is 40.4 Å². The van der Waals surface area contributed by atoms with E-state index in [1.807, 2.05) is 52.3 Å². The van der Waals surface area contributed by atoms with Gasteiger partial charge >= 0.3 is 0 Å². The minimum absolute atomic E-state index is 0.115. The van der Waals surface area contributed by atoms with Crippen LogP contribution in [0.1, 0.15) is 30.4 Å². The highest BCUT2D eigenvalue weighted by Gasteiger charge is 2.21. The molecule has 0 saturated carbocycles. The van der Waals surface area contributed by atoms with Gasteiger partial charge in [0.2, 0.25) is 11.8 Å². The van der Waals surface area contributed by atoms with Crippen LogP contribution in [0.25, 0.3) is 0 Å². The predicted octanol–water partition coefficient (Wildman–Crippen LogP) is 3.98. The molecule has 0 unspecified atom stereocenters. The molecule has 0 radical (unpaired) electrons. The molecular weight excluding hydrogens is 428 g/mol. The Balaban J connectivity index is 1.44. The van der Waals surface area contributed by atoms with E-state index in [9.17, 15) is 9.59 Å². The average molecular weight is 459 g/mol. The number of carbonyl (C=O) groups excluding carboxylic acids is 2. The first-order valence-corrected chi connectivity index (χ1v) is 11.4. The fraction of sp³-hybridized carbons (Fsp3) is 0.440. The second kappa shape index (κ2) is 11.8. The summed E-state index contributed by atoms with van der Waals surface area (Å²) in [6.07, 6.45) is 3.02. The van der Waals surface area contributed by atoms with Crippen LogP contribution in [0, 0.1) is 0 Å². The number of amides is 2. The summed E-state index contributed by atoms with van der Waals surface area (Å²) >= 11 is 6.18. The van der Waals surface area contributed by atoms with Crippen LogP contribution in [0.2, 0.25) is 5.02 Å². The van der Waals surface area contributed by atoms with E-state index in [1.54, 1.807) is 14.2 Å². The number of nitrogens with zero attached hydrogens (tertiary/aromatic N) is 2. The van der Waals surface area contributed by atoms with E-state index in [0.29, 0.717) is 62.6 Å². The lowest BCUT2D eigenvalue weighted by molar-refractivity contribution is -0.133. The van der Waals surface area contributed by atoms with E-state index < -0.39 is 0 Å². The molecule has 0 atom stereocenters. The number of hydrogen-bond donors (Lipinski definition) is 0. The number of methoxy groups -OCH3 is 2. The van der Waals surface area contributed by atoms with Crippen LogP contribution in [-0.4, -0.2) is 62.0 Å². The third kappa shape index (κ3) is 6.63. The molecule has 2 aromatic carbocycles.